The number of alkyl halides is 3. The maximum Gasteiger partial charge on any atom is 0.416 e. The molecule has 2 heterocycles. The van der Waals surface area contributed by atoms with Gasteiger partial charge in [0.05, 0.1) is 5.56 Å². The molecule has 2 unspecified atom stereocenters. The Bertz CT molecular complexity index is 1900. The van der Waals surface area contributed by atoms with Crippen LogP contribution in [-0.4, -0.2) is 19.9 Å². The molecule has 1 fully saturated rings. The number of nitrogens with zero attached hydrogens (tertiary/aromatic N) is 4. The van der Waals surface area contributed by atoms with Crippen molar-refractivity contribution in [3.63, 3.8) is 0 Å². The number of pyridine rings is 1. The quantitative estimate of drug-likeness (QED) is 0.169. The van der Waals surface area contributed by atoms with Gasteiger partial charge in [0.15, 0.2) is 17.5 Å². The number of aromatic nitrogens is 4. The van der Waals surface area contributed by atoms with Crippen molar-refractivity contribution in [3.05, 3.63) is 107 Å². The largest absolute Gasteiger partial charge is 0.416 e. The predicted octanol–water partition coefficient (Wildman–Crippen LogP) is 10.7. The number of hydrogen-bond donors (Lipinski definition) is 0. The Labute approximate surface area is 294 Å². The summed E-state index contributed by atoms with van der Waals surface area (Å²) >= 11 is 0. The summed E-state index contributed by atoms with van der Waals surface area (Å²) in [6.45, 7) is 12.8. The van der Waals surface area contributed by atoms with E-state index >= 15 is 0 Å². The van der Waals surface area contributed by atoms with Crippen LogP contribution in [0.2, 0.25) is 0 Å². The molecule has 48 heavy (non-hydrogen) atoms. The van der Waals surface area contributed by atoms with Gasteiger partial charge in [-0.2, -0.15) is 13.2 Å². The summed E-state index contributed by atoms with van der Waals surface area (Å²) in [5.41, 5.74) is 5.80. The Kier molecular flexibility index (Phi) is 8.75. The third-order valence-electron chi connectivity index (χ3n) is 9.71. The summed E-state index contributed by atoms with van der Waals surface area (Å²) in [5, 5.41) is 0. The van der Waals surface area contributed by atoms with Gasteiger partial charge in [0, 0.05) is 43.0 Å². The van der Waals surface area contributed by atoms with Crippen molar-refractivity contribution in [1.82, 2.24) is 19.9 Å². The SMILES string of the molecule is CC(C)(C)c1ccc(-c2nc(-c3ccc(C(C)(C)C)cc3)nc(-c3cnc(-c4[c-]cc5c(c4)C4CCC5C4)cc3C(F)(F)F)n2)cc1.[Ir]. The molecule has 2 aliphatic carbocycles. The first-order valence-electron chi connectivity index (χ1n) is 16.3. The molecule has 0 amide bonds. The van der Waals surface area contributed by atoms with Gasteiger partial charge < -0.3 is 4.98 Å². The molecule has 2 aliphatic rings. The van der Waals surface area contributed by atoms with Gasteiger partial charge >= 0.3 is 6.18 Å². The fourth-order valence-corrected chi connectivity index (χ4v) is 6.93. The Hall–Kier alpha value is -3.74. The van der Waals surface area contributed by atoms with Gasteiger partial charge in [-0.3, -0.25) is 0 Å². The minimum atomic E-state index is -4.67. The van der Waals surface area contributed by atoms with Gasteiger partial charge in [0.2, 0.25) is 0 Å². The Morgan fingerprint density at radius 2 is 1.17 bits per heavy atom. The molecule has 5 aromatic rings. The molecule has 7 rings (SSSR count). The fourth-order valence-electron chi connectivity index (χ4n) is 6.93. The van der Waals surface area contributed by atoms with Crippen LogP contribution in [0.5, 0.6) is 0 Å². The van der Waals surface area contributed by atoms with Gasteiger partial charge in [-0.15, -0.1) is 34.9 Å². The van der Waals surface area contributed by atoms with E-state index in [1.807, 2.05) is 60.7 Å². The molecule has 0 aliphatic heterocycles. The standard InChI is InChI=1S/C40H38F3N4.Ir/c1-38(2,3)28-14-9-23(10-15-28)35-45-36(24-11-16-29(17-12-24)39(4,5)6)47-37(46-35)32-22-44-34(21-33(32)40(41,42)43)27-13-18-30-25-7-8-26(19-25)31(30)20-27;/h9-12,14-18,20-22,25-26H,7-8,19H2,1-6H3;/q-1;. The number of hydrogen-bond acceptors (Lipinski definition) is 4. The molecular weight excluding hydrogens is 786 g/mol. The average molecular weight is 824 g/mol. The normalized spacial score (nSPS) is 17.3. The first-order valence-corrected chi connectivity index (χ1v) is 16.3. The zero-order valence-electron chi connectivity index (χ0n) is 28.0. The van der Waals surface area contributed by atoms with Crippen LogP contribution in [0, 0.1) is 6.07 Å². The summed E-state index contributed by atoms with van der Waals surface area (Å²) in [6, 6.07) is 24.0. The van der Waals surface area contributed by atoms with Crippen molar-refractivity contribution in [3.8, 4) is 45.4 Å². The average Bonchev–Trinajstić information content (AvgIpc) is 3.66. The minimum absolute atomic E-state index is 0. The topological polar surface area (TPSA) is 51.6 Å². The van der Waals surface area contributed by atoms with E-state index in [9.17, 15) is 13.2 Å². The Morgan fingerprint density at radius 3 is 1.67 bits per heavy atom. The van der Waals surface area contributed by atoms with Crippen LogP contribution in [0.4, 0.5) is 13.2 Å². The van der Waals surface area contributed by atoms with E-state index in [2.05, 4.69) is 62.6 Å². The van der Waals surface area contributed by atoms with Crippen molar-refractivity contribution in [2.24, 2.45) is 0 Å². The monoisotopic (exact) mass is 824 g/mol. The van der Waals surface area contributed by atoms with Gasteiger partial charge in [0.25, 0.3) is 0 Å². The molecule has 1 saturated carbocycles. The summed E-state index contributed by atoms with van der Waals surface area (Å²) in [4.78, 5) is 18.6. The van der Waals surface area contributed by atoms with Crippen molar-refractivity contribution in [2.45, 2.75) is 89.6 Å². The Morgan fingerprint density at radius 1 is 0.667 bits per heavy atom. The molecular formula is C40H38F3IrN4-. The zero-order valence-corrected chi connectivity index (χ0v) is 30.4. The van der Waals surface area contributed by atoms with E-state index in [1.54, 1.807) is 0 Å². The van der Waals surface area contributed by atoms with Gasteiger partial charge in [-0.25, -0.2) is 15.0 Å². The summed E-state index contributed by atoms with van der Waals surface area (Å²) in [5.74, 6) is 1.53. The van der Waals surface area contributed by atoms with Gasteiger partial charge in [-0.05, 0) is 52.3 Å². The molecule has 0 N–H and O–H groups in total. The molecule has 8 heteroatoms. The first-order chi connectivity index (χ1) is 22.1. The van der Waals surface area contributed by atoms with Crippen LogP contribution < -0.4 is 0 Å². The predicted molar refractivity (Wildman–Crippen MR) is 180 cm³/mol. The van der Waals surface area contributed by atoms with Crippen molar-refractivity contribution < 1.29 is 33.3 Å². The summed E-state index contributed by atoms with van der Waals surface area (Å²) in [6.07, 6.45) is 0.00344. The van der Waals surface area contributed by atoms with E-state index in [0.717, 1.165) is 30.0 Å². The van der Waals surface area contributed by atoms with E-state index in [1.165, 1.54) is 23.7 Å². The maximum absolute atomic E-state index is 14.8. The third-order valence-corrected chi connectivity index (χ3v) is 9.71. The van der Waals surface area contributed by atoms with E-state index < -0.39 is 11.7 Å². The third kappa shape index (κ3) is 6.49. The second kappa shape index (κ2) is 12.3. The number of rotatable bonds is 4. The molecule has 1 radical (unpaired) electrons. The van der Waals surface area contributed by atoms with Crippen molar-refractivity contribution in [2.75, 3.05) is 0 Å². The zero-order chi connectivity index (χ0) is 33.3. The van der Waals surface area contributed by atoms with Gasteiger partial charge in [0.1, 0.15) is 0 Å². The van der Waals surface area contributed by atoms with Crippen molar-refractivity contribution in [1.29, 1.82) is 0 Å². The minimum Gasteiger partial charge on any atom is -0.304 e. The second-order valence-electron chi connectivity index (χ2n) is 15.0. The maximum atomic E-state index is 14.8. The first kappa shape index (κ1) is 34.1. The summed E-state index contributed by atoms with van der Waals surface area (Å²) < 4.78 is 44.5. The molecule has 0 saturated heterocycles. The fraction of sp³-hybridized carbons (Fsp3) is 0.350. The second-order valence-corrected chi connectivity index (χ2v) is 15.0. The Balaban J connectivity index is 0.00000401. The van der Waals surface area contributed by atoms with Crippen LogP contribution in [0.1, 0.15) is 100 Å². The van der Waals surface area contributed by atoms with Crippen LogP contribution in [0.15, 0.2) is 72.9 Å². The van der Waals surface area contributed by atoms with E-state index in [4.69, 9.17) is 4.98 Å². The molecule has 2 bridgehead atoms. The van der Waals surface area contributed by atoms with Crippen LogP contribution in [-0.2, 0) is 37.1 Å². The molecule has 4 nitrogen and oxygen atoms in total. The molecule has 0 spiro atoms. The molecule has 2 aromatic heterocycles. The van der Waals surface area contributed by atoms with E-state index in [0.29, 0.717) is 40.2 Å². The molecule has 3 aromatic carbocycles. The number of halogens is 3. The summed E-state index contributed by atoms with van der Waals surface area (Å²) in [7, 11) is 0. The number of fused-ring (bicyclic) bond motifs is 5. The van der Waals surface area contributed by atoms with Gasteiger partial charge in [-0.1, -0.05) is 103 Å². The van der Waals surface area contributed by atoms with Crippen LogP contribution >= 0.6 is 0 Å². The van der Waals surface area contributed by atoms with Crippen LogP contribution in [0.25, 0.3) is 45.4 Å². The van der Waals surface area contributed by atoms with Crippen LogP contribution in [0.3, 0.4) is 0 Å². The molecule has 2 atom stereocenters. The van der Waals surface area contributed by atoms with Crippen molar-refractivity contribution >= 4 is 0 Å². The molecule has 249 valence electrons. The smallest absolute Gasteiger partial charge is 0.304 e. The van der Waals surface area contributed by atoms with E-state index in [-0.39, 0.29) is 48.0 Å². The number of benzene rings is 3.